The number of hydrazine groups is 1. The maximum Gasteiger partial charge on any atom is 0.332 e. The molecule has 4 amide bonds. The molecule has 38 heavy (non-hydrogen) atoms. The standard InChI is InChI=1S/C30H33N5O3/c1-22-13-15-25(16-14-22)19-33-20-27-34(32(2)30(38)31-18-24-11-7-4-8-12-24)21-28(36)35(27)26(29(33)37)17-23-9-5-3-6-10-23/h3-16,26-27H,17-21H2,1-2H3,(H,31,38)/t26-,27+/m0/s1. The molecular weight excluding hydrogens is 478 g/mol. The summed E-state index contributed by atoms with van der Waals surface area (Å²) in [6.45, 7) is 3.22. The number of nitrogens with zero attached hydrogens (tertiary/aromatic N) is 4. The number of amides is 4. The number of hydrogen-bond acceptors (Lipinski definition) is 4. The lowest BCUT2D eigenvalue weighted by Gasteiger charge is -2.45. The van der Waals surface area contributed by atoms with Crippen molar-refractivity contribution in [3.63, 3.8) is 0 Å². The van der Waals surface area contributed by atoms with E-state index in [1.165, 1.54) is 5.01 Å². The zero-order valence-electron chi connectivity index (χ0n) is 21.8. The van der Waals surface area contributed by atoms with Crippen molar-refractivity contribution in [3.05, 3.63) is 107 Å². The van der Waals surface area contributed by atoms with Gasteiger partial charge in [-0.2, -0.15) is 5.01 Å². The minimum absolute atomic E-state index is 0.0386. The van der Waals surface area contributed by atoms with Crippen molar-refractivity contribution in [1.82, 2.24) is 25.1 Å². The second-order valence-electron chi connectivity index (χ2n) is 9.96. The van der Waals surface area contributed by atoms with Crippen molar-refractivity contribution in [2.45, 2.75) is 38.6 Å². The molecular formula is C30H33N5O3. The predicted octanol–water partition coefficient (Wildman–Crippen LogP) is 3.18. The maximum absolute atomic E-state index is 13.8. The Morgan fingerprint density at radius 3 is 2.18 bits per heavy atom. The Balaban J connectivity index is 1.38. The molecule has 8 heteroatoms. The van der Waals surface area contributed by atoms with Gasteiger partial charge >= 0.3 is 6.03 Å². The lowest BCUT2D eigenvalue weighted by Crippen LogP contribution is -2.65. The molecule has 0 unspecified atom stereocenters. The molecule has 1 N–H and O–H groups in total. The van der Waals surface area contributed by atoms with Gasteiger partial charge in [0.1, 0.15) is 12.2 Å². The smallest absolute Gasteiger partial charge is 0.332 e. The van der Waals surface area contributed by atoms with Gasteiger partial charge in [-0.25, -0.2) is 4.79 Å². The van der Waals surface area contributed by atoms with Crippen LogP contribution >= 0.6 is 0 Å². The van der Waals surface area contributed by atoms with E-state index in [0.717, 1.165) is 22.3 Å². The summed E-state index contributed by atoms with van der Waals surface area (Å²) in [5, 5.41) is 6.19. The number of hydrogen-bond donors (Lipinski definition) is 1. The molecule has 8 nitrogen and oxygen atoms in total. The summed E-state index contributed by atoms with van der Waals surface area (Å²) in [7, 11) is 1.67. The number of carbonyl (C=O) groups is 3. The van der Waals surface area contributed by atoms with Crippen molar-refractivity contribution >= 4 is 17.8 Å². The molecule has 0 radical (unpaired) electrons. The van der Waals surface area contributed by atoms with Crippen LogP contribution in [0.4, 0.5) is 4.79 Å². The van der Waals surface area contributed by atoms with Gasteiger partial charge in [0.05, 0.1) is 13.1 Å². The molecule has 0 aliphatic carbocycles. The Hall–Kier alpha value is -4.17. The van der Waals surface area contributed by atoms with Crippen LogP contribution in [0.5, 0.6) is 0 Å². The monoisotopic (exact) mass is 511 g/mol. The highest BCUT2D eigenvalue weighted by Crippen LogP contribution is 2.29. The highest BCUT2D eigenvalue weighted by Gasteiger charge is 2.51. The molecule has 2 aliphatic heterocycles. The molecule has 0 bridgehead atoms. The van der Waals surface area contributed by atoms with Crippen LogP contribution in [0.25, 0.3) is 0 Å². The number of urea groups is 1. The first kappa shape index (κ1) is 25.5. The minimum Gasteiger partial charge on any atom is -0.333 e. The number of piperazine rings is 1. The average Bonchev–Trinajstić information content (AvgIpc) is 3.27. The van der Waals surface area contributed by atoms with Gasteiger partial charge in [0.2, 0.25) is 11.8 Å². The Bertz CT molecular complexity index is 1280. The van der Waals surface area contributed by atoms with Gasteiger partial charge in [0.25, 0.3) is 0 Å². The van der Waals surface area contributed by atoms with Crippen LogP contribution in [-0.2, 0) is 29.1 Å². The first-order valence-corrected chi connectivity index (χ1v) is 12.9. The molecule has 2 saturated heterocycles. The number of benzene rings is 3. The number of aryl methyl sites for hydroxylation is 1. The third-order valence-corrected chi connectivity index (χ3v) is 7.30. The fourth-order valence-corrected chi connectivity index (χ4v) is 5.21. The topological polar surface area (TPSA) is 76.2 Å². The van der Waals surface area contributed by atoms with E-state index >= 15 is 0 Å². The van der Waals surface area contributed by atoms with Crippen LogP contribution in [0, 0.1) is 6.92 Å². The highest BCUT2D eigenvalue weighted by molar-refractivity contribution is 5.91. The van der Waals surface area contributed by atoms with E-state index in [0.29, 0.717) is 26.1 Å². The lowest BCUT2D eigenvalue weighted by atomic mass is 10.00. The van der Waals surface area contributed by atoms with Gasteiger partial charge in [-0.3, -0.25) is 14.6 Å². The van der Waals surface area contributed by atoms with E-state index in [1.54, 1.807) is 17.0 Å². The Kier molecular flexibility index (Phi) is 7.42. The third kappa shape index (κ3) is 5.40. The first-order chi connectivity index (χ1) is 18.4. The average molecular weight is 512 g/mol. The quantitative estimate of drug-likeness (QED) is 0.529. The number of nitrogens with one attached hydrogen (secondary N) is 1. The van der Waals surface area contributed by atoms with Crippen molar-refractivity contribution in [3.8, 4) is 0 Å². The summed E-state index contributed by atoms with van der Waals surface area (Å²) in [6, 6.07) is 26.6. The second kappa shape index (κ2) is 11.1. The third-order valence-electron chi connectivity index (χ3n) is 7.30. The lowest BCUT2D eigenvalue weighted by molar-refractivity contribution is -0.157. The fourth-order valence-electron chi connectivity index (χ4n) is 5.21. The summed E-state index contributed by atoms with van der Waals surface area (Å²) in [5.41, 5.74) is 4.16. The molecule has 3 aromatic rings. The van der Waals surface area contributed by atoms with Crippen LogP contribution in [-0.4, -0.2) is 70.0 Å². The van der Waals surface area contributed by atoms with Crippen LogP contribution in [0.1, 0.15) is 22.3 Å². The van der Waals surface area contributed by atoms with Crippen molar-refractivity contribution < 1.29 is 14.4 Å². The van der Waals surface area contributed by atoms with Gasteiger partial charge in [0, 0.05) is 26.6 Å². The minimum atomic E-state index is -0.639. The molecule has 2 atom stereocenters. The molecule has 0 aromatic heterocycles. The zero-order chi connectivity index (χ0) is 26.6. The summed E-state index contributed by atoms with van der Waals surface area (Å²) < 4.78 is 0. The fraction of sp³-hybridized carbons (Fsp3) is 0.300. The molecule has 2 fully saturated rings. The maximum atomic E-state index is 13.8. The van der Waals surface area contributed by atoms with E-state index in [-0.39, 0.29) is 24.4 Å². The molecule has 3 aromatic carbocycles. The first-order valence-electron chi connectivity index (χ1n) is 12.9. The van der Waals surface area contributed by atoms with Gasteiger partial charge in [-0.15, -0.1) is 0 Å². The normalized spacial score (nSPS) is 19.4. The number of rotatable bonds is 7. The number of fused-ring (bicyclic) bond motifs is 1. The summed E-state index contributed by atoms with van der Waals surface area (Å²) >= 11 is 0. The number of carbonyl (C=O) groups excluding carboxylic acids is 3. The van der Waals surface area contributed by atoms with Crippen LogP contribution < -0.4 is 5.32 Å². The Morgan fingerprint density at radius 2 is 1.53 bits per heavy atom. The van der Waals surface area contributed by atoms with Gasteiger partial charge in [0.15, 0.2) is 0 Å². The molecule has 5 rings (SSSR count). The summed E-state index contributed by atoms with van der Waals surface area (Å²) in [4.78, 5) is 43.7. The predicted molar refractivity (Wildman–Crippen MR) is 144 cm³/mol. The van der Waals surface area contributed by atoms with Gasteiger partial charge < -0.3 is 15.1 Å². The second-order valence-corrected chi connectivity index (χ2v) is 9.96. The zero-order valence-corrected chi connectivity index (χ0v) is 21.8. The molecule has 2 aliphatic rings. The summed E-state index contributed by atoms with van der Waals surface area (Å²) in [6.07, 6.45) is -0.0174. The van der Waals surface area contributed by atoms with E-state index in [4.69, 9.17) is 0 Å². The molecule has 0 saturated carbocycles. The van der Waals surface area contributed by atoms with Gasteiger partial charge in [-0.1, -0.05) is 90.5 Å². The van der Waals surface area contributed by atoms with Crippen LogP contribution in [0.2, 0.25) is 0 Å². The van der Waals surface area contributed by atoms with Crippen molar-refractivity contribution in [2.24, 2.45) is 0 Å². The largest absolute Gasteiger partial charge is 0.333 e. The van der Waals surface area contributed by atoms with Crippen LogP contribution in [0.3, 0.4) is 0 Å². The van der Waals surface area contributed by atoms with E-state index in [1.807, 2.05) is 96.8 Å². The van der Waals surface area contributed by atoms with E-state index < -0.39 is 12.2 Å². The van der Waals surface area contributed by atoms with Crippen molar-refractivity contribution in [2.75, 3.05) is 20.1 Å². The Labute approximate surface area is 223 Å². The van der Waals surface area contributed by atoms with Crippen LogP contribution in [0.15, 0.2) is 84.9 Å². The summed E-state index contributed by atoms with van der Waals surface area (Å²) in [5.74, 6) is -0.223. The molecule has 0 spiro atoms. The van der Waals surface area contributed by atoms with E-state index in [2.05, 4.69) is 5.32 Å². The Morgan fingerprint density at radius 1 is 0.895 bits per heavy atom. The van der Waals surface area contributed by atoms with Gasteiger partial charge in [-0.05, 0) is 23.6 Å². The SMILES string of the molecule is Cc1ccc(CN2C[C@H]3N(C(=O)CN3N(C)C(=O)NCc3ccccc3)[C@@H](Cc3ccccc3)C2=O)cc1. The molecule has 196 valence electrons. The van der Waals surface area contributed by atoms with E-state index in [9.17, 15) is 14.4 Å². The van der Waals surface area contributed by atoms with Crippen molar-refractivity contribution in [1.29, 1.82) is 0 Å². The molecule has 2 heterocycles. The highest BCUT2D eigenvalue weighted by atomic mass is 16.2.